The molecule has 31 heavy (non-hydrogen) atoms. The van der Waals surface area contributed by atoms with Crippen molar-refractivity contribution in [1.82, 2.24) is 0 Å². The molecule has 1 aromatic heterocycles. The maximum Gasteiger partial charge on any atom is 0.291 e. The second-order valence-corrected chi connectivity index (χ2v) is 7.44. The third-order valence-corrected chi connectivity index (χ3v) is 5.04. The third-order valence-electron chi connectivity index (χ3n) is 5.04. The minimum Gasteiger partial charge on any atom is -0.492 e. The maximum absolute atomic E-state index is 13.0. The second-order valence-electron chi connectivity index (χ2n) is 7.44. The van der Waals surface area contributed by atoms with E-state index in [0.717, 1.165) is 23.3 Å². The number of hydrogen-bond acceptors (Lipinski definition) is 5. The Balaban J connectivity index is 1.56. The molecule has 0 fully saturated rings. The number of anilines is 2. The van der Waals surface area contributed by atoms with Gasteiger partial charge < -0.3 is 24.5 Å². The number of hydrogen-bond donors (Lipinski definition) is 2. The normalized spacial score (nSPS) is 14.5. The molecule has 1 unspecified atom stereocenters. The van der Waals surface area contributed by atoms with Gasteiger partial charge in [0.15, 0.2) is 5.76 Å². The van der Waals surface area contributed by atoms with E-state index in [1.807, 2.05) is 26.8 Å². The van der Waals surface area contributed by atoms with Gasteiger partial charge in [-0.1, -0.05) is 6.07 Å². The number of fused-ring (bicyclic) bond motifs is 1. The zero-order valence-corrected chi connectivity index (χ0v) is 17.7. The van der Waals surface area contributed by atoms with Crippen molar-refractivity contribution in [2.75, 3.05) is 17.2 Å². The van der Waals surface area contributed by atoms with E-state index in [0.29, 0.717) is 29.3 Å². The number of carbonyl (C=O) groups is 2. The van der Waals surface area contributed by atoms with Crippen LogP contribution in [0.4, 0.5) is 11.4 Å². The monoisotopic (exact) mass is 420 g/mol. The quantitative estimate of drug-likeness (QED) is 0.597. The first kappa shape index (κ1) is 20.5. The minimum absolute atomic E-state index is 0.0906. The van der Waals surface area contributed by atoms with E-state index in [2.05, 4.69) is 10.6 Å². The van der Waals surface area contributed by atoms with Crippen LogP contribution < -0.4 is 20.1 Å². The van der Waals surface area contributed by atoms with Crippen LogP contribution in [0.1, 0.15) is 45.9 Å². The highest BCUT2D eigenvalue weighted by molar-refractivity contribution is 6.07. The molecule has 1 aliphatic rings. The molecule has 2 amide bonds. The molecule has 1 atom stereocenters. The van der Waals surface area contributed by atoms with Crippen molar-refractivity contribution >= 4 is 23.2 Å². The fourth-order valence-electron chi connectivity index (χ4n) is 3.50. The van der Waals surface area contributed by atoms with Crippen molar-refractivity contribution in [3.8, 4) is 11.5 Å². The summed E-state index contributed by atoms with van der Waals surface area (Å²) in [4.78, 5) is 25.3. The molecule has 7 nitrogen and oxygen atoms in total. The lowest BCUT2D eigenvalue weighted by Crippen LogP contribution is -2.16. The highest BCUT2D eigenvalue weighted by Crippen LogP contribution is 2.38. The van der Waals surface area contributed by atoms with Gasteiger partial charge in [0.2, 0.25) is 0 Å². The van der Waals surface area contributed by atoms with E-state index in [1.165, 1.54) is 6.26 Å². The maximum atomic E-state index is 13.0. The van der Waals surface area contributed by atoms with Crippen LogP contribution in [-0.4, -0.2) is 24.5 Å². The van der Waals surface area contributed by atoms with Crippen molar-refractivity contribution in [3.63, 3.8) is 0 Å². The summed E-state index contributed by atoms with van der Waals surface area (Å²) >= 11 is 0. The average Bonchev–Trinajstić information content (AvgIpc) is 3.39. The van der Waals surface area contributed by atoms with Crippen LogP contribution in [0.3, 0.4) is 0 Å². The number of rotatable bonds is 6. The molecular formula is C24H24N2O5. The van der Waals surface area contributed by atoms with E-state index < -0.39 is 0 Å². The standard InChI is InChI=1S/C24H24N2O5/c1-4-29-22-12-17-10-15(3)31-21(17)13-19(22)26-23(27)16-8-7-14(2)18(11-16)25-24(28)20-6-5-9-30-20/h5-9,11-13,15H,4,10H2,1-3H3,(H,25,28)(H,26,27). The molecule has 0 bridgehead atoms. The molecular weight excluding hydrogens is 396 g/mol. The second kappa shape index (κ2) is 8.55. The Labute approximate surface area is 180 Å². The lowest BCUT2D eigenvalue weighted by atomic mass is 10.1. The summed E-state index contributed by atoms with van der Waals surface area (Å²) in [6.07, 6.45) is 2.33. The first-order valence-electron chi connectivity index (χ1n) is 10.2. The Hall–Kier alpha value is -3.74. The lowest BCUT2D eigenvalue weighted by Gasteiger charge is -2.14. The predicted octanol–water partition coefficient (Wildman–Crippen LogP) is 4.81. The van der Waals surface area contributed by atoms with E-state index in [9.17, 15) is 9.59 Å². The number of furan rings is 1. The molecule has 4 rings (SSSR count). The zero-order chi connectivity index (χ0) is 22.0. The molecule has 2 N–H and O–H groups in total. The average molecular weight is 420 g/mol. The highest BCUT2D eigenvalue weighted by Gasteiger charge is 2.23. The first-order valence-corrected chi connectivity index (χ1v) is 10.2. The zero-order valence-electron chi connectivity index (χ0n) is 17.7. The topological polar surface area (TPSA) is 89.8 Å². The molecule has 7 heteroatoms. The van der Waals surface area contributed by atoms with Gasteiger partial charge >= 0.3 is 0 Å². The largest absolute Gasteiger partial charge is 0.492 e. The molecule has 160 valence electrons. The summed E-state index contributed by atoms with van der Waals surface area (Å²) in [7, 11) is 0. The van der Waals surface area contributed by atoms with E-state index in [1.54, 1.807) is 36.4 Å². The number of benzene rings is 2. The Bertz CT molecular complexity index is 1120. The molecule has 1 aliphatic heterocycles. The van der Waals surface area contributed by atoms with Crippen molar-refractivity contribution in [2.24, 2.45) is 0 Å². The summed E-state index contributed by atoms with van der Waals surface area (Å²) < 4.78 is 16.7. The molecule has 0 radical (unpaired) electrons. The summed E-state index contributed by atoms with van der Waals surface area (Å²) in [6.45, 7) is 6.23. The number of nitrogens with one attached hydrogen (secondary N) is 2. The van der Waals surface area contributed by atoms with Gasteiger partial charge in [0, 0.05) is 29.3 Å². The first-order chi connectivity index (χ1) is 14.9. The van der Waals surface area contributed by atoms with Crippen LogP contribution in [-0.2, 0) is 6.42 Å². The van der Waals surface area contributed by atoms with Gasteiger partial charge in [-0.25, -0.2) is 0 Å². The molecule has 0 saturated heterocycles. The SMILES string of the molecule is CCOc1cc2c(cc1NC(=O)c1ccc(C)c(NC(=O)c3ccco3)c1)OC(C)C2. The number of ether oxygens (including phenoxy) is 2. The number of amides is 2. The van der Waals surface area contributed by atoms with Crippen LogP contribution in [0.25, 0.3) is 0 Å². The van der Waals surface area contributed by atoms with Gasteiger partial charge in [-0.05, 0) is 56.7 Å². The van der Waals surface area contributed by atoms with Crippen molar-refractivity contribution in [1.29, 1.82) is 0 Å². The van der Waals surface area contributed by atoms with Crippen molar-refractivity contribution < 1.29 is 23.5 Å². The Morgan fingerprint density at radius 1 is 1.10 bits per heavy atom. The fourth-order valence-corrected chi connectivity index (χ4v) is 3.50. The van der Waals surface area contributed by atoms with Gasteiger partial charge in [-0.15, -0.1) is 0 Å². The van der Waals surface area contributed by atoms with Crippen molar-refractivity contribution in [3.05, 3.63) is 71.2 Å². The van der Waals surface area contributed by atoms with E-state index >= 15 is 0 Å². The summed E-state index contributed by atoms with van der Waals surface area (Å²) in [6, 6.07) is 12.1. The van der Waals surface area contributed by atoms with Crippen LogP contribution >= 0.6 is 0 Å². The van der Waals surface area contributed by atoms with Gasteiger partial charge in [-0.3, -0.25) is 9.59 Å². The number of aryl methyl sites for hydroxylation is 1. The predicted molar refractivity (Wildman–Crippen MR) is 117 cm³/mol. The lowest BCUT2D eigenvalue weighted by molar-refractivity contribution is 0.0993. The summed E-state index contributed by atoms with van der Waals surface area (Å²) in [5.41, 5.74) is 3.36. The third kappa shape index (κ3) is 4.40. The van der Waals surface area contributed by atoms with Gasteiger partial charge in [-0.2, -0.15) is 0 Å². The summed E-state index contributed by atoms with van der Waals surface area (Å²) in [5, 5.41) is 5.69. The molecule has 0 saturated carbocycles. The van der Waals surface area contributed by atoms with Gasteiger partial charge in [0.25, 0.3) is 11.8 Å². The van der Waals surface area contributed by atoms with Crippen LogP contribution in [0.15, 0.2) is 53.1 Å². The van der Waals surface area contributed by atoms with Crippen LogP contribution in [0, 0.1) is 6.92 Å². The van der Waals surface area contributed by atoms with Crippen LogP contribution in [0.2, 0.25) is 0 Å². The molecule has 2 heterocycles. The van der Waals surface area contributed by atoms with E-state index in [4.69, 9.17) is 13.9 Å². The Morgan fingerprint density at radius 3 is 2.65 bits per heavy atom. The Kier molecular flexibility index (Phi) is 5.66. The molecule has 2 aromatic carbocycles. The summed E-state index contributed by atoms with van der Waals surface area (Å²) in [5.74, 6) is 0.852. The fraction of sp³-hybridized carbons (Fsp3) is 0.250. The molecule has 0 spiro atoms. The highest BCUT2D eigenvalue weighted by atomic mass is 16.5. The van der Waals surface area contributed by atoms with Gasteiger partial charge in [0.05, 0.1) is 18.6 Å². The van der Waals surface area contributed by atoms with Crippen molar-refractivity contribution in [2.45, 2.75) is 33.3 Å². The minimum atomic E-state index is -0.380. The van der Waals surface area contributed by atoms with Gasteiger partial charge in [0.1, 0.15) is 17.6 Å². The number of carbonyl (C=O) groups excluding carboxylic acids is 2. The molecule has 3 aromatic rings. The molecule has 0 aliphatic carbocycles. The van der Waals surface area contributed by atoms with Crippen LogP contribution in [0.5, 0.6) is 11.5 Å². The smallest absolute Gasteiger partial charge is 0.291 e. The Morgan fingerprint density at radius 2 is 1.90 bits per heavy atom. The van der Waals surface area contributed by atoms with E-state index in [-0.39, 0.29) is 23.7 Å².